The number of aryl methyl sites for hydroxylation is 2. The Labute approximate surface area is 107 Å². The number of nitrogens with zero attached hydrogens (tertiary/aromatic N) is 3. The SMILES string of the molecule is Cc1nn(C)c(C)c1Oc1ncccc1[C@@H](C)N. The highest BCUT2D eigenvalue weighted by Gasteiger charge is 2.15. The largest absolute Gasteiger partial charge is 0.435 e. The Balaban J connectivity index is 2.40. The van der Waals surface area contributed by atoms with Gasteiger partial charge >= 0.3 is 0 Å². The second-order valence-corrected chi connectivity index (χ2v) is 4.41. The standard InChI is InChI=1S/C13H18N4O/c1-8(14)11-6-5-7-15-13(11)18-12-9(2)16-17(4)10(12)3/h5-8H,14H2,1-4H3/t8-/m1/s1. The fourth-order valence-corrected chi connectivity index (χ4v) is 1.83. The minimum Gasteiger partial charge on any atom is -0.435 e. The van der Waals surface area contributed by atoms with Gasteiger partial charge in [0.05, 0.1) is 5.69 Å². The first-order valence-electron chi connectivity index (χ1n) is 5.89. The summed E-state index contributed by atoms with van der Waals surface area (Å²) in [6.07, 6.45) is 1.70. The fourth-order valence-electron chi connectivity index (χ4n) is 1.83. The fraction of sp³-hybridized carbons (Fsp3) is 0.385. The van der Waals surface area contributed by atoms with Crippen LogP contribution < -0.4 is 10.5 Å². The molecular formula is C13H18N4O. The van der Waals surface area contributed by atoms with Gasteiger partial charge in [0.25, 0.3) is 0 Å². The summed E-state index contributed by atoms with van der Waals surface area (Å²) in [5.74, 6) is 1.30. The van der Waals surface area contributed by atoms with Crippen LogP contribution in [0.2, 0.25) is 0 Å². The number of rotatable bonds is 3. The van der Waals surface area contributed by atoms with Crippen molar-refractivity contribution < 1.29 is 4.74 Å². The van der Waals surface area contributed by atoms with Crippen LogP contribution in [0.4, 0.5) is 0 Å². The molecule has 2 aromatic rings. The van der Waals surface area contributed by atoms with Crippen LogP contribution in [0, 0.1) is 13.8 Å². The van der Waals surface area contributed by atoms with Crippen LogP contribution in [-0.2, 0) is 7.05 Å². The van der Waals surface area contributed by atoms with E-state index in [4.69, 9.17) is 10.5 Å². The van der Waals surface area contributed by atoms with Crippen LogP contribution in [0.25, 0.3) is 0 Å². The lowest BCUT2D eigenvalue weighted by Gasteiger charge is -2.12. The Morgan fingerprint density at radius 2 is 2.11 bits per heavy atom. The van der Waals surface area contributed by atoms with E-state index in [1.54, 1.807) is 10.9 Å². The van der Waals surface area contributed by atoms with Crippen LogP contribution in [0.5, 0.6) is 11.6 Å². The molecule has 2 rings (SSSR count). The van der Waals surface area contributed by atoms with Crippen molar-refractivity contribution in [3.8, 4) is 11.6 Å². The molecule has 2 heterocycles. The molecule has 18 heavy (non-hydrogen) atoms. The van der Waals surface area contributed by atoms with E-state index in [0.29, 0.717) is 5.88 Å². The first-order chi connectivity index (χ1) is 8.50. The van der Waals surface area contributed by atoms with Gasteiger partial charge in [0.2, 0.25) is 5.88 Å². The zero-order chi connectivity index (χ0) is 13.3. The van der Waals surface area contributed by atoms with Gasteiger partial charge in [0.1, 0.15) is 5.69 Å². The molecule has 2 N–H and O–H groups in total. The minimum absolute atomic E-state index is 0.119. The third kappa shape index (κ3) is 2.22. The summed E-state index contributed by atoms with van der Waals surface area (Å²) in [6, 6.07) is 3.66. The summed E-state index contributed by atoms with van der Waals surface area (Å²) < 4.78 is 7.67. The van der Waals surface area contributed by atoms with E-state index in [-0.39, 0.29) is 6.04 Å². The van der Waals surface area contributed by atoms with Gasteiger partial charge in [-0.05, 0) is 26.8 Å². The molecule has 0 aliphatic rings. The molecule has 0 amide bonds. The Morgan fingerprint density at radius 3 is 2.67 bits per heavy atom. The number of nitrogens with two attached hydrogens (primary N) is 1. The molecule has 96 valence electrons. The van der Waals surface area contributed by atoms with Gasteiger partial charge < -0.3 is 10.5 Å². The number of ether oxygens (including phenoxy) is 1. The molecule has 1 atom stereocenters. The molecule has 5 nitrogen and oxygen atoms in total. The molecule has 0 spiro atoms. The average molecular weight is 246 g/mol. The van der Waals surface area contributed by atoms with Crippen molar-refractivity contribution in [2.75, 3.05) is 0 Å². The van der Waals surface area contributed by atoms with E-state index in [2.05, 4.69) is 10.1 Å². The molecular weight excluding hydrogens is 228 g/mol. The first-order valence-corrected chi connectivity index (χ1v) is 5.89. The Hall–Kier alpha value is -1.88. The average Bonchev–Trinajstić information content (AvgIpc) is 2.56. The highest BCUT2D eigenvalue weighted by molar-refractivity contribution is 5.38. The van der Waals surface area contributed by atoms with Crippen LogP contribution in [0.15, 0.2) is 18.3 Å². The van der Waals surface area contributed by atoms with E-state index < -0.39 is 0 Å². The maximum Gasteiger partial charge on any atom is 0.224 e. The van der Waals surface area contributed by atoms with Crippen molar-refractivity contribution >= 4 is 0 Å². The van der Waals surface area contributed by atoms with Crippen molar-refractivity contribution in [3.63, 3.8) is 0 Å². The predicted octanol–water partition coefficient (Wildman–Crippen LogP) is 2.24. The maximum absolute atomic E-state index is 5.91. The molecule has 0 radical (unpaired) electrons. The van der Waals surface area contributed by atoms with Crippen LogP contribution in [0.1, 0.15) is 29.9 Å². The van der Waals surface area contributed by atoms with Gasteiger partial charge in [-0.3, -0.25) is 4.68 Å². The molecule has 5 heteroatoms. The molecule has 0 unspecified atom stereocenters. The Morgan fingerprint density at radius 1 is 1.39 bits per heavy atom. The highest BCUT2D eigenvalue weighted by Crippen LogP contribution is 2.30. The van der Waals surface area contributed by atoms with Crippen molar-refractivity contribution in [1.29, 1.82) is 0 Å². The van der Waals surface area contributed by atoms with E-state index in [1.807, 2.05) is 40.0 Å². The van der Waals surface area contributed by atoms with E-state index in [1.165, 1.54) is 0 Å². The molecule has 0 aliphatic heterocycles. The third-order valence-corrected chi connectivity index (χ3v) is 2.93. The maximum atomic E-state index is 5.91. The Bertz CT molecular complexity index is 560. The normalized spacial score (nSPS) is 12.5. The highest BCUT2D eigenvalue weighted by atomic mass is 16.5. The van der Waals surface area contributed by atoms with Crippen molar-refractivity contribution in [1.82, 2.24) is 14.8 Å². The second-order valence-electron chi connectivity index (χ2n) is 4.41. The lowest BCUT2D eigenvalue weighted by Crippen LogP contribution is -2.07. The van der Waals surface area contributed by atoms with E-state index >= 15 is 0 Å². The first kappa shape index (κ1) is 12.6. The molecule has 2 aromatic heterocycles. The lowest BCUT2D eigenvalue weighted by molar-refractivity contribution is 0.445. The quantitative estimate of drug-likeness (QED) is 0.902. The molecule has 0 aliphatic carbocycles. The number of hydrogen-bond donors (Lipinski definition) is 1. The monoisotopic (exact) mass is 246 g/mol. The molecule has 0 bridgehead atoms. The molecule has 0 fully saturated rings. The summed E-state index contributed by atoms with van der Waals surface area (Å²) in [5.41, 5.74) is 8.61. The number of aromatic nitrogens is 3. The van der Waals surface area contributed by atoms with Crippen LogP contribution in [0.3, 0.4) is 0 Å². The van der Waals surface area contributed by atoms with Crippen molar-refractivity contribution in [2.24, 2.45) is 12.8 Å². The zero-order valence-electron chi connectivity index (χ0n) is 11.1. The molecule has 0 saturated heterocycles. The van der Waals surface area contributed by atoms with Gasteiger partial charge in [-0.2, -0.15) is 5.10 Å². The predicted molar refractivity (Wildman–Crippen MR) is 69.6 cm³/mol. The van der Waals surface area contributed by atoms with Gasteiger partial charge in [0, 0.05) is 24.8 Å². The summed E-state index contributed by atoms with van der Waals surface area (Å²) >= 11 is 0. The Kier molecular flexibility index (Phi) is 3.34. The summed E-state index contributed by atoms with van der Waals surface area (Å²) in [5, 5.41) is 4.31. The lowest BCUT2D eigenvalue weighted by atomic mass is 10.1. The minimum atomic E-state index is -0.119. The van der Waals surface area contributed by atoms with Gasteiger partial charge in [-0.25, -0.2) is 4.98 Å². The third-order valence-electron chi connectivity index (χ3n) is 2.93. The summed E-state index contributed by atoms with van der Waals surface area (Å²) in [6.45, 7) is 5.79. The van der Waals surface area contributed by atoms with Gasteiger partial charge in [-0.1, -0.05) is 6.07 Å². The summed E-state index contributed by atoms with van der Waals surface area (Å²) in [4.78, 5) is 4.25. The topological polar surface area (TPSA) is 66.0 Å². The van der Waals surface area contributed by atoms with E-state index in [9.17, 15) is 0 Å². The van der Waals surface area contributed by atoms with Crippen molar-refractivity contribution in [2.45, 2.75) is 26.8 Å². The van der Waals surface area contributed by atoms with Crippen LogP contribution in [-0.4, -0.2) is 14.8 Å². The smallest absolute Gasteiger partial charge is 0.224 e. The summed E-state index contributed by atoms with van der Waals surface area (Å²) in [7, 11) is 1.89. The van der Waals surface area contributed by atoms with Crippen molar-refractivity contribution in [3.05, 3.63) is 35.3 Å². The molecule has 0 aromatic carbocycles. The second kappa shape index (κ2) is 4.78. The van der Waals surface area contributed by atoms with E-state index in [0.717, 1.165) is 22.7 Å². The number of pyridine rings is 1. The van der Waals surface area contributed by atoms with Gasteiger partial charge in [0.15, 0.2) is 5.75 Å². The number of hydrogen-bond acceptors (Lipinski definition) is 4. The molecule has 0 saturated carbocycles. The van der Waals surface area contributed by atoms with Gasteiger partial charge in [-0.15, -0.1) is 0 Å². The zero-order valence-corrected chi connectivity index (χ0v) is 11.1. The van der Waals surface area contributed by atoms with Crippen LogP contribution >= 0.6 is 0 Å².